The number of hydrogen-bond acceptors (Lipinski definition) is 0. The monoisotopic (exact) mass is 410 g/mol. The van der Waals surface area contributed by atoms with Gasteiger partial charge in [-0.05, 0) is 95.4 Å². The van der Waals surface area contributed by atoms with Gasteiger partial charge in [-0.25, -0.2) is 0 Å². The molecule has 0 aliphatic heterocycles. The Hall–Kier alpha value is -2.08. The maximum absolute atomic E-state index is 4.42. The third-order valence-corrected chi connectivity index (χ3v) is 8.47. The maximum Gasteiger partial charge on any atom is -0.00111 e. The fourth-order valence-electron chi connectivity index (χ4n) is 6.76. The standard InChI is InChI=1S/C31H38/c1-4-22(3)26-19-30-29(28(26)18-23-10-6-5-7-11-23)20-27(24-16-14-21(2)15-17-24)31(30)25-12-8-9-13-25/h4,14-17,23,25H,1,3,5-13,18-20H2,2H3. The summed E-state index contributed by atoms with van der Waals surface area (Å²) in [4.78, 5) is 0. The first-order valence-electron chi connectivity index (χ1n) is 12.7. The normalized spacial score (nSPS) is 22.6. The molecule has 0 amide bonds. The van der Waals surface area contributed by atoms with Crippen LogP contribution in [0.5, 0.6) is 0 Å². The topological polar surface area (TPSA) is 0 Å². The van der Waals surface area contributed by atoms with E-state index in [1.54, 1.807) is 27.9 Å². The number of allylic oxidation sites excluding steroid dienone is 8. The van der Waals surface area contributed by atoms with Crippen LogP contribution in [0.25, 0.3) is 5.57 Å². The molecule has 0 atom stereocenters. The zero-order valence-electron chi connectivity index (χ0n) is 19.4. The summed E-state index contributed by atoms with van der Waals surface area (Å²) in [6, 6.07) is 9.33. The summed E-state index contributed by atoms with van der Waals surface area (Å²) in [5, 5.41) is 0. The Morgan fingerprint density at radius 3 is 2.23 bits per heavy atom. The zero-order chi connectivity index (χ0) is 21.4. The summed E-state index contributed by atoms with van der Waals surface area (Å²) < 4.78 is 0. The Morgan fingerprint density at radius 2 is 1.55 bits per heavy atom. The molecule has 0 N–H and O–H groups in total. The van der Waals surface area contributed by atoms with E-state index in [0.717, 1.165) is 24.7 Å². The highest BCUT2D eigenvalue weighted by Crippen LogP contribution is 2.55. The van der Waals surface area contributed by atoms with Crippen LogP contribution in [0, 0.1) is 18.8 Å². The van der Waals surface area contributed by atoms with Crippen molar-refractivity contribution in [1.29, 1.82) is 0 Å². The Labute approximate surface area is 189 Å². The van der Waals surface area contributed by atoms with Crippen LogP contribution >= 0.6 is 0 Å². The Morgan fingerprint density at radius 1 is 0.871 bits per heavy atom. The van der Waals surface area contributed by atoms with E-state index in [4.69, 9.17) is 0 Å². The Balaban J connectivity index is 1.53. The fraction of sp³-hybridized carbons (Fsp3) is 0.484. The van der Waals surface area contributed by atoms with Gasteiger partial charge >= 0.3 is 0 Å². The van der Waals surface area contributed by atoms with Gasteiger partial charge in [-0.2, -0.15) is 0 Å². The molecule has 0 heteroatoms. The first kappa shape index (κ1) is 20.8. The molecule has 162 valence electrons. The summed E-state index contributed by atoms with van der Waals surface area (Å²) in [5.74, 6) is 1.62. The summed E-state index contributed by atoms with van der Waals surface area (Å²) in [6.45, 7) is 10.7. The second kappa shape index (κ2) is 8.81. The smallest absolute Gasteiger partial charge is 0.00111 e. The van der Waals surface area contributed by atoms with E-state index in [2.05, 4.69) is 44.3 Å². The van der Waals surface area contributed by atoms with Crippen molar-refractivity contribution in [3.8, 4) is 0 Å². The molecule has 0 unspecified atom stereocenters. The second-order valence-corrected chi connectivity index (χ2v) is 10.4. The van der Waals surface area contributed by atoms with Gasteiger partial charge < -0.3 is 0 Å². The van der Waals surface area contributed by atoms with Gasteiger partial charge in [0.1, 0.15) is 0 Å². The highest BCUT2D eigenvalue weighted by Gasteiger charge is 2.38. The summed E-state index contributed by atoms with van der Waals surface area (Å²) in [5.41, 5.74) is 13.9. The molecule has 4 aliphatic carbocycles. The summed E-state index contributed by atoms with van der Waals surface area (Å²) in [6.07, 6.45) is 18.1. The van der Waals surface area contributed by atoms with E-state index in [1.807, 2.05) is 6.08 Å². The highest BCUT2D eigenvalue weighted by molar-refractivity contribution is 5.84. The molecule has 0 nitrogen and oxygen atoms in total. The van der Waals surface area contributed by atoms with Gasteiger partial charge in [-0.3, -0.25) is 0 Å². The average molecular weight is 411 g/mol. The van der Waals surface area contributed by atoms with Crippen molar-refractivity contribution in [3.63, 3.8) is 0 Å². The SMILES string of the molecule is C=CC(=C)C1=C(CC2CCCCC2)C2=C(C1)C(C1CCCC1)=C(c1ccc(C)cc1)C2. The minimum atomic E-state index is 0.760. The van der Waals surface area contributed by atoms with Crippen molar-refractivity contribution in [2.24, 2.45) is 11.8 Å². The number of aryl methyl sites for hydroxylation is 1. The van der Waals surface area contributed by atoms with Crippen LogP contribution < -0.4 is 0 Å². The van der Waals surface area contributed by atoms with Gasteiger partial charge in [0.2, 0.25) is 0 Å². The minimum Gasteiger partial charge on any atom is -0.0985 e. The number of rotatable bonds is 6. The van der Waals surface area contributed by atoms with Gasteiger partial charge in [-0.1, -0.05) is 94.0 Å². The van der Waals surface area contributed by atoms with Crippen LogP contribution in [0.3, 0.4) is 0 Å². The molecule has 2 fully saturated rings. The van der Waals surface area contributed by atoms with Crippen LogP contribution in [0.4, 0.5) is 0 Å². The number of hydrogen-bond donors (Lipinski definition) is 0. The highest BCUT2D eigenvalue weighted by atomic mass is 14.4. The van der Waals surface area contributed by atoms with Crippen LogP contribution in [0.2, 0.25) is 0 Å². The van der Waals surface area contributed by atoms with Crippen LogP contribution in [-0.4, -0.2) is 0 Å². The van der Waals surface area contributed by atoms with E-state index >= 15 is 0 Å². The molecule has 5 rings (SSSR count). The molecular formula is C31H38. The Bertz CT molecular complexity index is 963. The fourth-order valence-corrected chi connectivity index (χ4v) is 6.76. The van der Waals surface area contributed by atoms with Gasteiger partial charge in [0.05, 0.1) is 0 Å². The summed E-state index contributed by atoms with van der Waals surface area (Å²) in [7, 11) is 0. The average Bonchev–Trinajstić information content (AvgIpc) is 3.51. The van der Waals surface area contributed by atoms with Gasteiger partial charge in [0, 0.05) is 0 Å². The lowest BCUT2D eigenvalue weighted by atomic mass is 9.81. The third-order valence-electron chi connectivity index (χ3n) is 8.47. The van der Waals surface area contributed by atoms with Crippen molar-refractivity contribution in [1.82, 2.24) is 0 Å². The lowest BCUT2D eigenvalue weighted by molar-refractivity contribution is 0.356. The predicted octanol–water partition coefficient (Wildman–Crippen LogP) is 9.05. The quantitative estimate of drug-likeness (QED) is 0.410. The third kappa shape index (κ3) is 3.95. The van der Waals surface area contributed by atoms with Crippen molar-refractivity contribution in [2.45, 2.75) is 84.0 Å². The van der Waals surface area contributed by atoms with E-state index in [0.29, 0.717) is 0 Å². The van der Waals surface area contributed by atoms with Crippen molar-refractivity contribution in [2.75, 3.05) is 0 Å². The molecule has 0 heterocycles. The van der Waals surface area contributed by atoms with E-state index in [-0.39, 0.29) is 0 Å². The number of benzene rings is 1. The van der Waals surface area contributed by atoms with Crippen LogP contribution in [0.1, 0.15) is 88.2 Å². The first-order chi connectivity index (χ1) is 15.2. The molecule has 0 saturated heterocycles. The zero-order valence-corrected chi connectivity index (χ0v) is 19.4. The van der Waals surface area contributed by atoms with E-state index in [1.165, 1.54) is 86.5 Å². The summed E-state index contributed by atoms with van der Waals surface area (Å²) >= 11 is 0. The molecule has 0 radical (unpaired) electrons. The van der Waals surface area contributed by atoms with E-state index in [9.17, 15) is 0 Å². The molecule has 1 aromatic carbocycles. The Kier molecular flexibility index (Phi) is 5.91. The van der Waals surface area contributed by atoms with Crippen LogP contribution in [0.15, 0.2) is 76.9 Å². The van der Waals surface area contributed by atoms with E-state index < -0.39 is 0 Å². The first-order valence-corrected chi connectivity index (χ1v) is 12.7. The van der Waals surface area contributed by atoms with Crippen molar-refractivity contribution < 1.29 is 0 Å². The van der Waals surface area contributed by atoms with Crippen molar-refractivity contribution >= 4 is 5.57 Å². The van der Waals surface area contributed by atoms with Crippen molar-refractivity contribution in [3.05, 3.63) is 88.1 Å². The molecular weight excluding hydrogens is 372 g/mol. The minimum absolute atomic E-state index is 0.760. The maximum atomic E-state index is 4.42. The molecule has 0 spiro atoms. The molecule has 0 aromatic heterocycles. The van der Waals surface area contributed by atoms with Crippen LogP contribution in [-0.2, 0) is 0 Å². The molecule has 4 aliphatic rings. The molecule has 1 aromatic rings. The largest absolute Gasteiger partial charge is 0.0985 e. The van der Waals surface area contributed by atoms with Gasteiger partial charge in [0.15, 0.2) is 0 Å². The lowest BCUT2D eigenvalue weighted by Gasteiger charge is -2.24. The van der Waals surface area contributed by atoms with Gasteiger partial charge in [0.25, 0.3) is 0 Å². The van der Waals surface area contributed by atoms with Gasteiger partial charge in [-0.15, -0.1) is 0 Å². The molecule has 31 heavy (non-hydrogen) atoms. The second-order valence-electron chi connectivity index (χ2n) is 10.4. The predicted molar refractivity (Wildman–Crippen MR) is 134 cm³/mol. The molecule has 0 bridgehead atoms. The molecule has 2 saturated carbocycles. The lowest BCUT2D eigenvalue weighted by Crippen LogP contribution is -2.08.